The predicted molar refractivity (Wildman–Crippen MR) is 215 cm³/mol. The fraction of sp³-hybridized carbons (Fsp3) is 0.256. The van der Waals surface area contributed by atoms with Crippen molar-refractivity contribution in [2.75, 3.05) is 0 Å². The molecule has 250 valence electrons. The SMILES string of the molecule is CCC(C)c1ccc(-c2cccc3[cH-]c(C)cc23)cc1.CCc1cc2c(-c3ccc(C(C)CC)cc3)cccc2[cH-]1.Cl.Cl.[CH3-].[CH3-].[Si]=[Zr]. The van der Waals surface area contributed by atoms with Gasteiger partial charge in [0.2, 0.25) is 0 Å². The minimum atomic E-state index is 0. The topological polar surface area (TPSA) is 0 Å². The van der Waals surface area contributed by atoms with Gasteiger partial charge in [0.15, 0.2) is 0 Å². The molecule has 6 aromatic carbocycles. The van der Waals surface area contributed by atoms with Gasteiger partial charge in [-0.2, -0.15) is 12.1 Å². The van der Waals surface area contributed by atoms with Crippen molar-refractivity contribution in [1.82, 2.24) is 0 Å². The van der Waals surface area contributed by atoms with Gasteiger partial charge in [0.05, 0.1) is 0 Å². The van der Waals surface area contributed by atoms with E-state index in [-0.39, 0.29) is 39.7 Å². The molecular weight excluding hydrogens is 707 g/mol. The van der Waals surface area contributed by atoms with Gasteiger partial charge in [-0.1, -0.05) is 113 Å². The van der Waals surface area contributed by atoms with E-state index in [1.165, 1.54) is 102 Å². The third kappa shape index (κ3) is 10.9. The number of aryl methyl sites for hydroxylation is 2. The van der Waals surface area contributed by atoms with Crippen molar-refractivity contribution in [3.63, 3.8) is 0 Å². The van der Waals surface area contributed by atoms with Crippen LogP contribution in [-0.4, -0.2) is 6.88 Å². The van der Waals surface area contributed by atoms with Crippen LogP contribution in [-0.2, 0) is 29.8 Å². The molecule has 0 saturated heterocycles. The molecule has 47 heavy (non-hydrogen) atoms. The second-order valence-corrected chi connectivity index (χ2v) is 11.7. The molecule has 2 radical (unpaired) electrons. The first-order chi connectivity index (χ1) is 20.9. The number of rotatable bonds is 7. The molecule has 2 atom stereocenters. The number of hydrogen-bond donors (Lipinski definition) is 0. The molecule has 0 aliphatic heterocycles. The molecule has 6 rings (SSSR count). The number of halogens is 2. The molecule has 0 heterocycles. The zero-order valence-corrected chi connectivity index (χ0v) is 34.6. The molecule has 0 fully saturated rings. The molecule has 2 unspecified atom stereocenters. The Hall–Kier alpha value is -2.22. The zero-order chi connectivity index (χ0) is 30.9. The molecule has 0 N–H and O–H groups in total. The second kappa shape index (κ2) is 21.7. The second-order valence-electron chi connectivity index (χ2n) is 11.7. The van der Waals surface area contributed by atoms with Crippen LogP contribution in [0, 0.1) is 21.8 Å². The summed E-state index contributed by atoms with van der Waals surface area (Å²) in [4.78, 5) is 0. The van der Waals surface area contributed by atoms with Crippen LogP contribution in [0.5, 0.6) is 0 Å². The number of fused-ring (bicyclic) bond motifs is 2. The molecule has 0 aliphatic carbocycles. The van der Waals surface area contributed by atoms with Gasteiger partial charge in [0, 0.05) is 0 Å². The summed E-state index contributed by atoms with van der Waals surface area (Å²) < 4.78 is 0. The van der Waals surface area contributed by atoms with Crippen LogP contribution in [0.15, 0.2) is 109 Å². The van der Waals surface area contributed by atoms with Crippen molar-refractivity contribution in [1.29, 1.82) is 0 Å². The van der Waals surface area contributed by atoms with E-state index >= 15 is 0 Å². The molecule has 0 spiro atoms. The summed E-state index contributed by atoms with van der Waals surface area (Å²) >= 11 is 1.36. The Labute approximate surface area is 315 Å². The van der Waals surface area contributed by atoms with E-state index in [0.717, 1.165) is 6.42 Å². The van der Waals surface area contributed by atoms with Crippen molar-refractivity contribution < 1.29 is 23.3 Å². The van der Waals surface area contributed by atoms with E-state index in [0.29, 0.717) is 11.8 Å². The van der Waals surface area contributed by atoms with Gasteiger partial charge in [-0.15, -0.1) is 93.9 Å². The van der Waals surface area contributed by atoms with Crippen LogP contribution in [0.4, 0.5) is 0 Å². The number of benzene rings is 4. The Bertz CT molecular complexity index is 1750. The Morgan fingerprint density at radius 1 is 0.596 bits per heavy atom. The third-order valence-electron chi connectivity index (χ3n) is 8.92. The molecule has 0 amide bonds. The first kappa shape index (κ1) is 44.8. The summed E-state index contributed by atoms with van der Waals surface area (Å²) in [7, 11) is 0. The summed E-state index contributed by atoms with van der Waals surface area (Å²) in [5.74, 6) is 1.28. The summed E-state index contributed by atoms with van der Waals surface area (Å²) in [5, 5.41) is 5.44. The Morgan fingerprint density at radius 3 is 1.40 bits per heavy atom. The zero-order valence-electron chi connectivity index (χ0n) is 29.5. The predicted octanol–water partition coefficient (Wildman–Crippen LogP) is 13.7. The Kier molecular flexibility index (Phi) is 20.7. The standard InChI is InChI=1S/C21H23.C20H21.2CH3.2ClH.Si.Zr/c1-4-15(3)17-9-11-18(12-10-17)20-8-6-7-19-13-16(5-2)14-21(19)20;1-4-15(3)16-8-10-17(11-9-16)19-7-5-6-18-12-14(2)13-20(18)19;;;;;;/h6-15H,4-5H2,1-3H3;5-13,15H,4H2,1-3H3;2*1H3;2*1H;;/q4*-1;;;;. The summed E-state index contributed by atoms with van der Waals surface area (Å²) in [5.41, 5.74) is 11.0. The molecule has 4 heteroatoms. The Morgan fingerprint density at radius 2 is 1.00 bits per heavy atom. The molecule has 0 bridgehead atoms. The fourth-order valence-corrected chi connectivity index (χ4v) is 5.84. The fourth-order valence-electron chi connectivity index (χ4n) is 5.84. The van der Waals surface area contributed by atoms with Gasteiger partial charge in [0.1, 0.15) is 0 Å². The molecule has 0 nitrogen and oxygen atoms in total. The van der Waals surface area contributed by atoms with Gasteiger partial charge < -0.3 is 14.9 Å². The van der Waals surface area contributed by atoms with Crippen molar-refractivity contribution in [3.05, 3.63) is 146 Å². The maximum absolute atomic E-state index is 3.06. The van der Waals surface area contributed by atoms with Crippen LogP contribution in [0.3, 0.4) is 0 Å². The van der Waals surface area contributed by atoms with Gasteiger partial charge >= 0.3 is 30.2 Å². The van der Waals surface area contributed by atoms with Gasteiger partial charge in [-0.05, 0) is 53.4 Å². The first-order valence-corrected chi connectivity index (χ1v) is 19.9. The van der Waals surface area contributed by atoms with Crippen molar-refractivity contribution in [3.8, 4) is 22.3 Å². The summed E-state index contributed by atoms with van der Waals surface area (Å²) in [6.07, 6.45) is 3.48. The van der Waals surface area contributed by atoms with E-state index in [1.807, 2.05) is 0 Å². The Balaban J connectivity index is 0.000000792. The molecular formula is C43H52Cl2SiZr-4. The van der Waals surface area contributed by atoms with E-state index in [1.54, 1.807) is 0 Å². The van der Waals surface area contributed by atoms with E-state index in [4.69, 9.17) is 0 Å². The molecule has 0 saturated carbocycles. The monoisotopic (exact) mass is 756 g/mol. The molecule has 6 aromatic rings. The van der Waals surface area contributed by atoms with Crippen LogP contribution in [0.2, 0.25) is 0 Å². The van der Waals surface area contributed by atoms with Gasteiger partial charge in [-0.25, -0.2) is 0 Å². The van der Waals surface area contributed by atoms with Crippen LogP contribution in [0.1, 0.15) is 81.5 Å². The average molecular weight is 759 g/mol. The summed E-state index contributed by atoms with van der Waals surface area (Å²) in [6, 6.07) is 40.6. The third-order valence-corrected chi connectivity index (χ3v) is 8.92. The quantitative estimate of drug-likeness (QED) is 0.112. The van der Waals surface area contributed by atoms with Crippen LogP contribution in [0.25, 0.3) is 43.8 Å². The average Bonchev–Trinajstić information content (AvgIpc) is 3.68. The molecule has 0 aliphatic rings. The first-order valence-electron chi connectivity index (χ1n) is 15.7. The van der Waals surface area contributed by atoms with E-state index < -0.39 is 0 Å². The van der Waals surface area contributed by atoms with Crippen molar-refractivity contribution in [2.24, 2.45) is 0 Å². The van der Waals surface area contributed by atoms with E-state index in [2.05, 4.69) is 158 Å². The van der Waals surface area contributed by atoms with Crippen LogP contribution < -0.4 is 0 Å². The molecule has 0 aromatic heterocycles. The normalized spacial score (nSPS) is 11.2. The van der Waals surface area contributed by atoms with Crippen molar-refractivity contribution in [2.45, 2.75) is 72.6 Å². The maximum atomic E-state index is 3.06. The van der Waals surface area contributed by atoms with Gasteiger partial charge in [-0.3, -0.25) is 0 Å². The van der Waals surface area contributed by atoms with Crippen LogP contribution >= 0.6 is 24.8 Å². The van der Waals surface area contributed by atoms with Crippen molar-refractivity contribution >= 4 is 53.2 Å². The number of hydrogen-bond acceptors (Lipinski definition) is 0. The van der Waals surface area contributed by atoms with E-state index in [9.17, 15) is 0 Å². The minimum absolute atomic E-state index is 0. The summed E-state index contributed by atoms with van der Waals surface area (Å²) in [6.45, 7) is 16.5. The van der Waals surface area contributed by atoms with Gasteiger partial charge in [0.25, 0.3) is 0 Å².